The molecule has 0 bridgehead atoms. The van der Waals surface area contributed by atoms with Crippen LogP contribution in [-0.2, 0) is 4.74 Å². The maximum atomic E-state index is 5.98. The molecule has 21 heavy (non-hydrogen) atoms. The topological polar surface area (TPSA) is 24.5 Å². The number of piperidine rings is 1. The quantitative estimate of drug-likeness (QED) is 0.575. The van der Waals surface area contributed by atoms with Gasteiger partial charge in [0.2, 0.25) is 0 Å². The highest BCUT2D eigenvalue weighted by Gasteiger charge is 2.18. The van der Waals surface area contributed by atoms with E-state index >= 15 is 0 Å². The van der Waals surface area contributed by atoms with Gasteiger partial charge in [0.05, 0.1) is 12.7 Å². The molecule has 2 rings (SSSR count). The zero-order chi connectivity index (χ0) is 14.9. The van der Waals surface area contributed by atoms with Crippen molar-refractivity contribution in [3.63, 3.8) is 0 Å². The van der Waals surface area contributed by atoms with Crippen LogP contribution in [0.15, 0.2) is 11.6 Å². The predicted octanol–water partition coefficient (Wildman–Crippen LogP) is 3.36. The van der Waals surface area contributed by atoms with Gasteiger partial charge < -0.3 is 10.1 Å². The van der Waals surface area contributed by atoms with Crippen LogP contribution in [0.1, 0.15) is 58.8 Å². The van der Waals surface area contributed by atoms with Gasteiger partial charge in [-0.25, -0.2) is 0 Å². The van der Waals surface area contributed by atoms with Gasteiger partial charge in [-0.3, -0.25) is 4.90 Å². The Hall–Kier alpha value is -0.380. The van der Waals surface area contributed by atoms with Gasteiger partial charge in [0.1, 0.15) is 0 Å². The average molecular weight is 294 g/mol. The van der Waals surface area contributed by atoms with Crippen molar-refractivity contribution in [1.29, 1.82) is 0 Å². The maximum Gasteiger partial charge on any atom is 0.0594 e. The fourth-order valence-electron chi connectivity index (χ4n) is 3.35. The van der Waals surface area contributed by atoms with Gasteiger partial charge in [-0.15, -0.1) is 0 Å². The molecular formula is C18H34N2O. The summed E-state index contributed by atoms with van der Waals surface area (Å²) in [5.41, 5.74) is 1.43. The van der Waals surface area contributed by atoms with Gasteiger partial charge >= 0.3 is 0 Å². The van der Waals surface area contributed by atoms with Crippen molar-refractivity contribution in [2.75, 3.05) is 32.8 Å². The molecule has 0 atom stereocenters. The first-order valence-electron chi connectivity index (χ1n) is 8.95. The van der Waals surface area contributed by atoms with E-state index in [0.29, 0.717) is 12.1 Å². The van der Waals surface area contributed by atoms with Gasteiger partial charge in [-0.05, 0) is 52.6 Å². The lowest BCUT2D eigenvalue weighted by atomic mass is 9.98. The van der Waals surface area contributed by atoms with E-state index in [1.165, 1.54) is 63.6 Å². The van der Waals surface area contributed by atoms with E-state index in [2.05, 4.69) is 30.1 Å². The number of rotatable bonds is 7. The third kappa shape index (κ3) is 6.94. The third-order valence-corrected chi connectivity index (χ3v) is 4.79. The van der Waals surface area contributed by atoms with Gasteiger partial charge in [0, 0.05) is 19.1 Å². The molecule has 0 amide bonds. The largest absolute Gasteiger partial charge is 0.377 e. The molecule has 2 fully saturated rings. The maximum absolute atomic E-state index is 5.98. The van der Waals surface area contributed by atoms with Crippen molar-refractivity contribution in [3.05, 3.63) is 11.6 Å². The summed E-state index contributed by atoms with van der Waals surface area (Å²) < 4.78 is 5.98. The van der Waals surface area contributed by atoms with Crippen LogP contribution in [0.25, 0.3) is 0 Å². The molecule has 3 heteroatoms. The molecule has 122 valence electrons. The Labute approximate surface area is 131 Å². The molecule has 0 unspecified atom stereocenters. The molecule has 0 radical (unpaired) electrons. The van der Waals surface area contributed by atoms with Crippen LogP contribution in [-0.4, -0.2) is 49.8 Å². The second-order valence-electron chi connectivity index (χ2n) is 6.94. The summed E-state index contributed by atoms with van der Waals surface area (Å²) in [5.74, 6) is 0. The zero-order valence-electron chi connectivity index (χ0n) is 14.1. The number of hydrogen-bond acceptors (Lipinski definition) is 3. The van der Waals surface area contributed by atoms with Crippen LogP contribution in [0, 0.1) is 0 Å². The van der Waals surface area contributed by atoms with Crippen LogP contribution in [0.4, 0.5) is 0 Å². The number of nitrogens with zero attached hydrogens (tertiary/aromatic N) is 1. The number of nitrogens with one attached hydrogen (secondary N) is 1. The van der Waals surface area contributed by atoms with Gasteiger partial charge in [0.15, 0.2) is 0 Å². The van der Waals surface area contributed by atoms with Crippen molar-refractivity contribution in [1.82, 2.24) is 10.2 Å². The van der Waals surface area contributed by atoms with Crippen LogP contribution >= 0.6 is 0 Å². The summed E-state index contributed by atoms with van der Waals surface area (Å²) in [7, 11) is 0. The summed E-state index contributed by atoms with van der Waals surface area (Å²) in [4.78, 5) is 2.56. The van der Waals surface area contributed by atoms with Gasteiger partial charge in [0.25, 0.3) is 0 Å². The molecule has 0 spiro atoms. The minimum absolute atomic E-state index is 0.548. The Balaban J connectivity index is 1.49. The molecule has 0 aromatic heterocycles. The van der Waals surface area contributed by atoms with E-state index in [1.54, 1.807) is 0 Å². The minimum atomic E-state index is 0.548. The van der Waals surface area contributed by atoms with Crippen molar-refractivity contribution in [2.24, 2.45) is 0 Å². The fourth-order valence-corrected chi connectivity index (χ4v) is 3.35. The van der Waals surface area contributed by atoms with E-state index in [4.69, 9.17) is 4.74 Å². The molecule has 0 aromatic rings. The van der Waals surface area contributed by atoms with Crippen molar-refractivity contribution in [3.8, 4) is 0 Å². The molecule has 1 aliphatic carbocycles. The summed E-state index contributed by atoms with van der Waals surface area (Å²) in [6.45, 7) is 9.86. The van der Waals surface area contributed by atoms with Crippen LogP contribution in [0.2, 0.25) is 0 Å². The number of likely N-dealkylation sites (tertiary alicyclic amines) is 1. The highest BCUT2D eigenvalue weighted by Crippen LogP contribution is 2.20. The molecular weight excluding hydrogens is 260 g/mol. The predicted molar refractivity (Wildman–Crippen MR) is 89.7 cm³/mol. The summed E-state index contributed by atoms with van der Waals surface area (Å²) in [6.07, 6.45) is 12.1. The smallest absolute Gasteiger partial charge is 0.0594 e. The molecule has 1 N–H and O–H groups in total. The number of allylic oxidation sites excluding steroid dienone is 1. The summed E-state index contributed by atoms with van der Waals surface area (Å²) >= 11 is 0. The second-order valence-corrected chi connectivity index (χ2v) is 6.94. The Morgan fingerprint density at radius 2 is 1.81 bits per heavy atom. The van der Waals surface area contributed by atoms with E-state index in [1.807, 2.05) is 0 Å². The summed E-state index contributed by atoms with van der Waals surface area (Å²) in [5, 5.41) is 3.68. The Morgan fingerprint density at radius 3 is 2.48 bits per heavy atom. The average Bonchev–Trinajstić information content (AvgIpc) is 2.52. The lowest BCUT2D eigenvalue weighted by Gasteiger charge is -2.32. The highest BCUT2D eigenvalue weighted by molar-refractivity contribution is 4.95. The molecule has 2 aliphatic rings. The molecule has 3 nitrogen and oxygen atoms in total. The Kier molecular flexibility index (Phi) is 7.76. The SMILES string of the molecule is CC(C)=CCN1CCC(NCCOC2CCCCC2)CC1. The number of hydrogen-bond donors (Lipinski definition) is 1. The van der Waals surface area contributed by atoms with E-state index in [9.17, 15) is 0 Å². The molecule has 1 aliphatic heterocycles. The molecule has 1 heterocycles. The molecule has 1 saturated carbocycles. The first-order chi connectivity index (χ1) is 10.2. The second kappa shape index (κ2) is 9.60. The zero-order valence-corrected chi connectivity index (χ0v) is 14.1. The van der Waals surface area contributed by atoms with E-state index in [-0.39, 0.29) is 0 Å². The number of ether oxygens (including phenoxy) is 1. The van der Waals surface area contributed by atoms with Gasteiger partial charge in [-0.1, -0.05) is 30.9 Å². The lowest BCUT2D eigenvalue weighted by Crippen LogP contribution is -2.43. The van der Waals surface area contributed by atoms with Crippen molar-refractivity contribution >= 4 is 0 Å². The van der Waals surface area contributed by atoms with Crippen molar-refractivity contribution < 1.29 is 4.74 Å². The Bertz CT molecular complexity index is 298. The fraction of sp³-hybridized carbons (Fsp3) is 0.889. The minimum Gasteiger partial charge on any atom is -0.377 e. The lowest BCUT2D eigenvalue weighted by molar-refractivity contribution is 0.0285. The normalized spacial score (nSPS) is 22.4. The van der Waals surface area contributed by atoms with Crippen molar-refractivity contribution in [2.45, 2.75) is 70.9 Å². The highest BCUT2D eigenvalue weighted by atomic mass is 16.5. The first-order valence-corrected chi connectivity index (χ1v) is 8.95. The van der Waals surface area contributed by atoms with Crippen LogP contribution < -0.4 is 5.32 Å². The van der Waals surface area contributed by atoms with E-state index in [0.717, 1.165) is 19.7 Å². The van der Waals surface area contributed by atoms with Gasteiger partial charge in [-0.2, -0.15) is 0 Å². The van der Waals surface area contributed by atoms with E-state index < -0.39 is 0 Å². The Morgan fingerprint density at radius 1 is 1.10 bits per heavy atom. The van der Waals surface area contributed by atoms with Crippen LogP contribution in [0.5, 0.6) is 0 Å². The monoisotopic (exact) mass is 294 g/mol. The first kappa shape index (κ1) is 17.0. The summed E-state index contributed by atoms with van der Waals surface area (Å²) in [6, 6.07) is 0.697. The third-order valence-electron chi connectivity index (χ3n) is 4.79. The molecule has 1 saturated heterocycles. The molecule has 0 aromatic carbocycles. The standard InChI is InChI=1S/C18H34N2O/c1-16(2)8-12-20-13-9-17(10-14-20)19-11-15-21-18-6-4-3-5-7-18/h8,17-19H,3-7,9-15H2,1-2H3. The van der Waals surface area contributed by atoms with Crippen LogP contribution in [0.3, 0.4) is 0 Å².